The molecule has 8 heteroatoms. The summed E-state index contributed by atoms with van der Waals surface area (Å²) < 4.78 is 6.48. The van der Waals surface area contributed by atoms with E-state index in [1.165, 1.54) is 5.56 Å². The summed E-state index contributed by atoms with van der Waals surface area (Å²) >= 11 is 1.69. The predicted octanol–water partition coefficient (Wildman–Crippen LogP) is 4.58. The smallest absolute Gasteiger partial charge is 0.318 e. The molecular weight excluding hydrogens is 458 g/mol. The lowest BCUT2D eigenvalue weighted by molar-refractivity contribution is 0.130. The summed E-state index contributed by atoms with van der Waals surface area (Å²) in [6.45, 7) is 8.86. The number of anilines is 1. The molecule has 2 fully saturated rings. The number of ether oxygens (including phenoxy) is 1. The van der Waals surface area contributed by atoms with Crippen LogP contribution in [0.1, 0.15) is 32.3 Å². The largest absolute Gasteiger partial charge is 0.497 e. The number of piperazine rings is 1. The fourth-order valence-electron chi connectivity index (χ4n) is 5.36. The van der Waals surface area contributed by atoms with Crippen molar-refractivity contribution in [2.75, 3.05) is 38.2 Å². The summed E-state index contributed by atoms with van der Waals surface area (Å²) in [5, 5.41) is 4.35. The number of carbonyl (C=O) groups excluding carboxylic acids is 1. The molecule has 186 valence electrons. The van der Waals surface area contributed by atoms with E-state index in [0.29, 0.717) is 0 Å². The minimum atomic E-state index is 0.0696. The fourth-order valence-corrected chi connectivity index (χ4v) is 6.37. The third-order valence-corrected chi connectivity index (χ3v) is 8.25. The van der Waals surface area contributed by atoms with Crippen LogP contribution in [0.5, 0.6) is 5.75 Å². The third kappa shape index (κ3) is 5.38. The van der Waals surface area contributed by atoms with Gasteiger partial charge < -0.3 is 19.9 Å². The number of carbonyl (C=O) groups is 1. The van der Waals surface area contributed by atoms with Crippen LogP contribution in [-0.4, -0.2) is 72.2 Å². The number of likely N-dealkylation sites (tertiary alicyclic amines) is 1. The quantitative estimate of drug-likeness (QED) is 0.564. The summed E-state index contributed by atoms with van der Waals surface area (Å²) in [6.07, 6.45) is 1.99. The Kier molecular flexibility index (Phi) is 7.11. The van der Waals surface area contributed by atoms with Gasteiger partial charge in [0.1, 0.15) is 5.75 Å². The van der Waals surface area contributed by atoms with Crippen molar-refractivity contribution in [2.45, 2.75) is 51.4 Å². The van der Waals surface area contributed by atoms with Crippen LogP contribution >= 0.6 is 11.3 Å². The monoisotopic (exact) mass is 493 g/mol. The minimum Gasteiger partial charge on any atom is -0.497 e. The molecule has 2 amide bonds. The highest BCUT2D eigenvalue weighted by molar-refractivity contribution is 7.22. The maximum absolute atomic E-state index is 13.3. The second-order valence-corrected chi connectivity index (χ2v) is 10.8. The summed E-state index contributed by atoms with van der Waals surface area (Å²) in [5.41, 5.74) is 2.34. The summed E-state index contributed by atoms with van der Waals surface area (Å²) in [6, 6.07) is 17.1. The molecular formula is C27H35N5O2S. The molecule has 0 radical (unpaired) electrons. The molecule has 3 aromatic rings. The van der Waals surface area contributed by atoms with E-state index in [2.05, 4.69) is 59.3 Å². The van der Waals surface area contributed by atoms with Crippen LogP contribution in [-0.2, 0) is 6.54 Å². The molecule has 2 aliphatic heterocycles. The zero-order valence-electron chi connectivity index (χ0n) is 20.8. The van der Waals surface area contributed by atoms with Crippen molar-refractivity contribution in [3.63, 3.8) is 0 Å². The Balaban J connectivity index is 1.15. The normalized spacial score (nSPS) is 21.9. The van der Waals surface area contributed by atoms with Crippen molar-refractivity contribution >= 4 is 32.7 Å². The Labute approximate surface area is 211 Å². The number of piperidine rings is 1. The highest BCUT2D eigenvalue weighted by Gasteiger charge is 2.35. The molecule has 2 saturated heterocycles. The maximum Gasteiger partial charge on any atom is 0.318 e. The number of methoxy groups -OCH3 is 1. The summed E-state index contributed by atoms with van der Waals surface area (Å²) in [4.78, 5) is 24.9. The molecule has 2 atom stereocenters. The molecule has 0 saturated carbocycles. The fraction of sp³-hybridized carbons (Fsp3) is 0.481. The van der Waals surface area contributed by atoms with Gasteiger partial charge in [-0.1, -0.05) is 41.7 Å². The summed E-state index contributed by atoms with van der Waals surface area (Å²) in [5.74, 6) is 0.849. The summed E-state index contributed by atoms with van der Waals surface area (Å²) in [7, 11) is 1.69. The van der Waals surface area contributed by atoms with Crippen molar-refractivity contribution in [2.24, 2.45) is 0 Å². The first-order chi connectivity index (χ1) is 17.0. The standard InChI is InChI=1S/C27H35N5O2S/c1-19-16-31(27-29-24-10-9-23(34-3)15-25(24)35-27)17-20(2)32(19)26(33)28-22-11-13-30(14-12-22)18-21-7-5-4-6-8-21/h4-10,15,19-20,22H,11-14,16-18H2,1-3H3,(H,28,33)/t19-,20+. The zero-order valence-corrected chi connectivity index (χ0v) is 21.6. The van der Waals surface area contributed by atoms with Crippen LogP contribution in [0, 0.1) is 0 Å². The Morgan fingerprint density at radius 2 is 1.80 bits per heavy atom. The van der Waals surface area contributed by atoms with Gasteiger partial charge in [0.05, 0.1) is 17.3 Å². The highest BCUT2D eigenvalue weighted by Crippen LogP contribution is 2.33. The Morgan fingerprint density at radius 3 is 2.49 bits per heavy atom. The average Bonchev–Trinajstić information content (AvgIpc) is 3.29. The van der Waals surface area contributed by atoms with Crippen LogP contribution in [0.25, 0.3) is 10.2 Å². The van der Waals surface area contributed by atoms with Gasteiger partial charge in [-0.25, -0.2) is 9.78 Å². The van der Waals surface area contributed by atoms with Crippen LogP contribution in [0.15, 0.2) is 48.5 Å². The number of nitrogens with zero attached hydrogens (tertiary/aromatic N) is 4. The van der Waals surface area contributed by atoms with Crippen molar-refractivity contribution < 1.29 is 9.53 Å². The third-order valence-electron chi connectivity index (χ3n) is 7.17. The first-order valence-electron chi connectivity index (χ1n) is 12.5. The lowest BCUT2D eigenvalue weighted by atomic mass is 10.0. The number of hydrogen-bond acceptors (Lipinski definition) is 6. The Hall–Kier alpha value is -2.84. The van der Waals surface area contributed by atoms with Gasteiger partial charge in [0, 0.05) is 50.8 Å². The number of urea groups is 1. The number of aromatic nitrogens is 1. The molecule has 0 aliphatic carbocycles. The average molecular weight is 494 g/mol. The van der Waals surface area contributed by atoms with Gasteiger partial charge in [-0.15, -0.1) is 0 Å². The van der Waals surface area contributed by atoms with Crippen LogP contribution < -0.4 is 15.0 Å². The van der Waals surface area contributed by atoms with Crippen molar-refractivity contribution in [3.8, 4) is 5.75 Å². The number of benzene rings is 2. The molecule has 35 heavy (non-hydrogen) atoms. The number of nitrogens with one attached hydrogen (secondary N) is 1. The van der Waals surface area contributed by atoms with E-state index in [1.807, 2.05) is 23.1 Å². The molecule has 5 rings (SSSR count). The Morgan fingerprint density at radius 1 is 1.09 bits per heavy atom. The van der Waals surface area contributed by atoms with Gasteiger partial charge in [0.2, 0.25) is 0 Å². The molecule has 2 aromatic carbocycles. The highest BCUT2D eigenvalue weighted by atomic mass is 32.1. The molecule has 1 N–H and O–H groups in total. The lowest BCUT2D eigenvalue weighted by Gasteiger charge is -2.45. The molecule has 0 unspecified atom stereocenters. The number of amides is 2. The predicted molar refractivity (Wildman–Crippen MR) is 142 cm³/mol. The van der Waals surface area contributed by atoms with Crippen LogP contribution in [0.4, 0.5) is 9.93 Å². The molecule has 3 heterocycles. The van der Waals surface area contributed by atoms with Crippen molar-refractivity contribution in [3.05, 3.63) is 54.1 Å². The van der Waals surface area contributed by atoms with Crippen molar-refractivity contribution in [1.29, 1.82) is 0 Å². The van der Waals surface area contributed by atoms with Crippen LogP contribution in [0.3, 0.4) is 0 Å². The van der Waals surface area contributed by atoms with Gasteiger partial charge in [-0.3, -0.25) is 4.90 Å². The first kappa shape index (κ1) is 23.9. The lowest BCUT2D eigenvalue weighted by Crippen LogP contribution is -2.62. The van der Waals surface area contributed by atoms with Gasteiger partial charge in [0.25, 0.3) is 0 Å². The maximum atomic E-state index is 13.3. The van der Waals surface area contributed by atoms with E-state index in [9.17, 15) is 4.79 Å². The molecule has 7 nitrogen and oxygen atoms in total. The van der Waals surface area contributed by atoms with Gasteiger partial charge >= 0.3 is 6.03 Å². The molecule has 2 aliphatic rings. The van der Waals surface area contributed by atoms with Gasteiger partial charge in [-0.2, -0.15) is 0 Å². The number of rotatable bonds is 5. The van der Waals surface area contributed by atoms with Gasteiger partial charge in [-0.05, 0) is 50.5 Å². The van der Waals surface area contributed by atoms with Crippen LogP contribution in [0.2, 0.25) is 0 Å². The van der Waals surface area contributed by atoms with E-state index < -0.39 is 0 Å². The minimum absolute atomic E-state index is 0.0696. The SMILES string of the molecule is COc1ccc2nc(N3C[C@@H](C)N(C(=O)NC4CCN(Cc5ccccc5)CC4)[C@@H](C)C3)sc2c1. The number of hydrogen-bond donors (Lipinski definition) is 1. The second kappa shape index (κ2) is 10.4. The zero-order chi connectivity index (χ0) is 24.4. The van der Waals surface area contributed by atoms with Gasteiger partial charge in [0.15, 0.2) is 5.13 Å². The van der Waals surface area contributed by atoms with E-state index >= 15 is 0 Å². The first-order valence-corrected chi connectivity index (χ1v) is 13.4. The van der Waals surface area contributed by atoms with E-state index in [0.717, 1.165) is 66.7 Å². The van der Waals surface area contributed by atoms with Crippen molar-refractivity contribution in [1.82, 2.24) is 20.1 Å². The topological polar surface area (TPSA) is 60.9 Å². The second-order valence-electron chi connectivity index (χ2n) is 9.83. The van der Waals surface area contributed by atoms with E-state index in [4.69, 9.17) is 9.72 Å². The molecule has 1 aromatic heterocycles. The number of fused-ring (bicyclic) bond motifs is 1. The molecule has 0 bridgehead atoms. The Bertz CT molecular complexity index is 1130. The van der Waals surface area contributed by atoms with E-state index in [-0.39, 0.29) is 24.2 Å². The van der Waals surface area contributed by atoms with E-state index in [1.54, 1.807) is 18.4 Å². The number of thiazole rings is 1. The molecule has 0 spiro atoms.